The summed E-state index contributed by atoms with van der Waals surface area (Å²) >= 11 is 0. The largest absolute Gasteiger partial charge is 0.465 e. The molecule has 0 aromatic heterocycles. The minimum absolute atomic E-state index is 0.0387. The standard InChI is InChI=1S/C29H45F2NO4/c1-5-8-9-10-11-12-13-14-22-15-16-23(26(31)25(22)30)21-32(4)24-17-19-29(20-18-24,27(33)35-6-2)28(34)36-7-3/h15-16,24H,5-14,17-21H2,1-4H3. The van der Waals surface area contributed by atoms with Crippen LogP contribution in [0.4, 0.5) is 8.78 Å². The maximum Gasteiger partial charge on any atom is 0.323 e. The zero-order chi connectivity index (χ0) is 26.6. The molecular weight excluding hydrogens is 464 g/mol. The Hall–Kier alpha value is -2.02. The average molecular weight is 510 g/mol. The zero-order valence-corrected chi connectivity index (χ0v) is 22.7. The topological polar surface area (TPSA) is 55.8 Å². The Labute approximate surface area is 215 Å². The summed E-state index contributed by atoms with van der Waals surface area (Å²) in [6.07, 6.45) is 10.3. The van der Waals surface area contributed by atoms with Crippen molar-refractivity contribution in [3.63, 3.8) is 0 Å². The molecule has 0 atom stereocenters. The molecule has 204 valence electrons. The molecule has 1 aliphatic rings. The number of hydrogen-bond donors (Lipinski definition) is 0. The lowest BCUT2D eigenvalue weighted by molar-refractivity contribution is -0.175. The predicted octanol–water partition coefficient (Wildman–Crippen LogP) is 6.74. The van der Waals surface area contributed by atoms with Crippen LogP contribution in [0.1, 0.15) is 103 Å². The van der Waals surface area contributed by atoms with Crippen LogP contribution in [0.3, 0.4) is 0 Å². The second-order valence-corrected chi connectivity index (χ2v) is 10.1. The van der Waals surface area contributed by atoms with Gasteiger partial charge in [-0.05, 0) is 65.0 Å². The van der Waals surface area contributed by atoms with Gasteiger partial charge in [0.05, 0.1) is 13.2 Å². The van der Waals surface area contributed by atoms with Crippen LogP contribution >= 0.6 is 0 Å². The minimum atomic E-state index is -1.28. The first-order chi connectivity index (χ1) is 17.3. The van der Waals surface area contributed by atoms with Gasteiger partial charge in [-0.25, -0.2) is 8.78 Å². The molecular formula is C29H45F2NO4. The van der Waals surface area contributed by atoms with Crippen LogP contribution in [0.15, 0.2) is 12.1 Å². The zero-order valence-electron chi connectivity index (χ0n) is 22.7. The number of nitrogens with zero attached hydrogens (tertiary/aromatic N) is 1. The molecule has 0 aliphatic heterocycles. The first-order valence-electron chi connectivity index (χ1n) is 13.8. The number of ether oxygens (including phenoxy) is 2. The molecule has 0 spiro atoms. The molecule has 1 aliphatic carbocycles. The smallest absolute Gasteiger partial charge is 0.323 e. The van der Waals surface area contributed by atoms with E-state index in [2.05, 4.69) is 6.92 Å². The van der Waals surface area contributed by atoms with E-state index in [9.17, 15) is 18.4 Å². The fraction of sp³-hybridized carbons (Fsp3) is 0.724. The molecule has 0 unspecified atom stereocenters. The molecule has 1 saturated carbocycles. The van der Waals surface area contributed by atoms with Gasteiger partial charge in [0.25, 0.3) is 0 Å². The monoisotopic (exact) mass is 509 g/mol. The van der Waals surface area contributed by atoms with E-state index in [-0.39, 0.29) is 25.8 Å². The molecule has 1 aromatic rings. The van der Waals surface area contributed by atoms with E-state index in [1.165, 1.54) is 25.7 Å². The van der Waals surface area contributed by atoms with Crippen LogP contribution in [0, 0.1) is 17.0 Å². The van der Waals surface area contributed by atoms with Crippen LogP contribution in [-0.4, -0.2) is 43.1 Å². The molecule has 2 rings (SSSR count). The highest BCUT2D eigenvalue weighted by molar-refractivity contribution is 6.00. The number of aryl methyl sites for hydroxylation is 1. The summed E-state index contributed by atoms with van der Waals surface area (Å²) in [6, 6.07) is 3.44. The van der Waals surface area contributed by atoms with Gasteiger partial charge in [-0.3, -0.25) is 14.5 Å². The maximum absolute atomic E-state index is 14.9. The third kappa shape index (κ3) is 7.99. The molecule has 1 fully saturated rings. The van der Waals surface area contributed by atoms with Crippen molar-refractivity contribution in [3.8, 4) is 0 Å². The van der Waals surface area contributed by atoms with Crippen molar-refractivity contribution in [1.82, 2.24) is 4.90 Å². The Kier molecular flexibility index (Phi) is 12.8. The molecule has 7 heteroatoms. The highest BCUT2D eigenvalue weighted by Crippen LogP contribution is 2.40. The van der Waals surface area contributed by atoms with Gasteiger partial charge < -0.3 is 9.47 Å². The Morgan fingerprint density at radius 3 is 1.92 bits per heavy atom. The molecule has 36 heavy (non-hydrogen) atoms. The van der Waals surface area contributed by atoms with Crippen molar-refractivity contribution in [3.05, 3.63) is 34.9 Å². The van der Waals surface area contributed by atoms with Crippen molar-refractivity contribution in [2.24, 2.45) is 5.41 Å². The van der Waals surface area contributed by atoms with E-state index < -0.39 is 29.0 Å². The lowest BCUT2D eigenvalue weighted by atomic mass is 9.72. The van der Waals surface area contributed by atoms with Gasteiger partial charge in [-0.2, -0.15) is 0 Å². The number of carbonyl (C=O) groups is 2. The molecule has 0 bridgehead atoms. The molecule has 1 aromatic carbocycles. The fourth-order valence-electron chi connectivity index (χ4n) is 5.18. The van der Waals surface area contributed by atoms with Crippen molar-refractivity contribution in [2.75, 3.05) is 20.3 Å². The fourth-order valence-corrected chi connectivity index (χ4v) is 5.18. The predicted molar refractivity (Wildman–Crippen MR) is 137 cm³/mol. The first-order valence-corrected chi connectivity index (χ1v) is 13.8. The summed E-state index contributed by atoms with van der Waals surface area (Å²) in [4.78, 5) is 27.3. The van der Waals surface area contributed by atoms with E-state index in [0.717, 1.165) is 19.3 Å². The quantitative estimate of drug-likeness (QED) is 0.149. The van der Waals surface area contributed by atoms with E-state index in [1.807, 2.05) is 11.9 Å². The SMILES string of the molecule is CCCCCCCCCc1ccc(CN(C)C2CCC(C(=O)OCC)(C(=O)OCC)CC2)c(F)c1F. The van der Waals surface area contributed by atoms with Crippen LogP contribution in [0.2, 0.25) is 0 Å². The number of rotatable bonds is 15. The van der Waals surface area contributed by atoms with Crippen molar-refractivity contribution in [1.29, 1.82) is 0 Å². The van der Waals surface area contributed by atoms with E-state index in [4.69, 9.17) is 9.47 Å². The second kappa shape index (κ2) is 15.3. The average Bonchev–Trinajstić information content (AvgIpc) is 2.87. The Morgan fingerprint density at radius 1 is 0.861 bits per heavy atom. The highest BCUT2D eigenvalue weighted by Gasteiger charge is 2.51. The molecule has 0 amide bonds. The van der Waals surface area contributed by atoms with Gasteiger partial charge in [0.15, 0.2) is 17.0 Å². The normalized spacial score (nSPS) is 15.8. The highest BCUT2D eigenvalue weighted by atomic mass is 19.2. The lowest BCUT2D eigenvalue weighted by Gasteiger charge is -2.39. The first kappa shape index (κ1) is 30.2. The number of esters is 2. The van der Waals surface area contributed by atoms with Gasteiger partial charge >= 0.3 is 11.9 Å². The van der Waals surface area contributed by atoms with E-state index in [0.29, 0.717) is 43.2 Å². The van der Waals surface area contributed by atoms with Crippen LogP contribution in [0.25, 0.3) is 0 Å². The van der Waals surface area contributed by atoms with E-state index in [1.54, 1.807) is 26.0 Å². The number of unbranched alkanes of at least 4 members (excludes halogenated alkanes) is 6. The Morgan fingerprint density at radius 2 is 1.36 bits per heavy atom. The summed E-state index contributed by atoms with van der Waals surface area (Å²) in [5.74, 6) is -2.58. The number of benzene rings is 1. The van der Waals surface area contributed by atoms with Crippen molar-refractivity contribution >= 4 is 11.9 Å². The maximum atomic E-state index is 14.9. The molecule has 5 nitrogen and oxygen atoms in total. The van der Waals surface area contributed by atoms with Crippen molar-refractivity contribution < 1.29 is 27.8 Å². The van der Waals surface area contributed by atoms with Gasteiger partial charge in [-0.15, -0.1) is 0 Å². The Balaban J connectivity index is 1.93. The minimum Gasteiger partial charge on any atom is -0.465 e. The van der Waals surface area contributed by atoms with Gasteiger partial charge in [-0.1, -0.05) is 57.6 Å². The Bertz CT molecular complexity index is 817. The van der Waals surface area contributed by atoms with Crippen molar-refractivity contribution in [2.45, 2.75) is 110 Å². The van der Waals surface area contributed by atoms with Crippen LogP contribution < -0.4 is 0 Å². The second-order valence-electron chi connectivity index (χ2n) is 10.1. The summed E-state index contributed by atoms with van der Waals surface area (Å²) in [5, 5.41) is 0. The van der Waals surface area contributed by atoms with Crippen LogP contribution in [-0.2, 0) is 32.0 Å². The van der Waals surface area contributed by atoms with Gasteiger partial charge in [0.1, 0.15) is 0 Å². The summed E-state index contributed by atoms with van der Waals surface area (Å²) < 4.78 is 40.0. The van der Waals surface area contributed by atoms with Gasteiger partial charge in [0, 0.05) is 18.2 Å². The van der Waals surface area contributed by atoms with Crippen LogP contribution in [0.5, 0.6) is 0 Å². The van der Waals surface area contributed by atoms with E-state index >= 15 is 0 Å². The lowest BCUT2D eigenvalue weighted by Crippen LogP contribution is -2.48. The van der Waals surface area contributed by atoms with Gasteiger partial charge in [0.2, 0.25) is 0 Å². The third-order valence-electron chi connectivity index (χ3n) is 7.48. The summed E-state index contributed by atoms with van der Waals surface area (Å²) in [5.41, 5.74) is -0.511. The summed E-state index contributed by atoms with van der Waals surface area (Å²) in [7, 11) is 1.87. The molecule has 0 heterocycles. The molecule has 0 radical (unpaired) electrons. The number of carbonyl (C=O) groups excluding carboxylic acids is 2. The number of hydrogen-bond acceptors (Lipinski definition) is 5. The molecule has 0 saturated heterocycles. The summed E-state index contributed by atoms with van der Waals surface area (Å²) in [6.45, 7) is 6.27. The number of halogens is 2. The third-order valence-corrected chi connectivity index (χ3v) is 7.48. The molecule has 0 N–H and O–H groups in total.